The fourth-order valence-corrected chi connectivity index (χ4v) is 1.89. The molecule has 0 aliphatic heterocycles. The first-order chi connectivity index (χ1) is 8.33. The fraction of sp³-hybridized carbons (Fsp3) is 0.600. The Hall–Kier alpha value is -0.890. The molecule has 1 N–H and O–H groups in total. The molecule has 96 valence electrons. The summed E-state index contributed by atoms with van der Waals surface area (Å²) in [6, 6.07) is 6.87. The number of rotatable bonds is 9. The molecule has 0 aliphatic carbocycles. The van der Waals surface area contributed by atoms with Gasteiger partial charge in [0, 0.05) is 0 Å². The zero-order chi connectivity index (χ0) is 12.3. The number of unbranched alkanes of at least 4 members (excludes halogenated alkanes) is 3. The molecule has 0 bridgehead atoms. The van der Waals surface area contributed by atoms with E-state index in [-0.39, 0.29) is 5.82 Å². The zero-order valence-electron chi connectivity index (χ0n) is 10.8. The third-order valence-corrected chi connectivity index (χ3v) is 2.91. The molecule has 0 spiro atoms. The van der Waals surface area contributed by atoms with Gasteiger partial charge < -0.3 is 5.32 Å². The number of benzene rings is 1. The largest absolute Gasteiger partial charge is 0.317 e. The predicted molar refractivity (Wildman–Crippen MR) is 71.7 cm³/mol. The smallest absolute Gasteiger partial charge is 0.123 e. The van der Waals surface area contributed by atoms with Crippen LogP contribution in [0.5, 0.6) is 0 Å². The van der Waals surface area contributed by atoms with Crippen LogP contribution >= 0.6 is 0 Å². The Kier molecular flexibility index (Phi) is 7.65. The molecule has 0 unspecified atom stereocenters. The average molecular weight is 237 g/mol. The van der Waals surface area contributed by atoms with E-state index in [0.717, 1.165) is 19.5 Å². The summed E-state index contributed by atoms with van der Waals surface area (Å²) in [5.74, 6) is -0.143. The normalized spacial score (nSPS) is 10.7. The van der Waals surface area contributed by atoms with E-state index in [1.807, 2.05) is 12.1 Å². The lowest BCUT2D eigenvalue weighted by molar-refractivity contribution is 0.584. The summed E-state index contributed by atoms with van der Waals surface area (Å²) >= 11 is 0. The minimum absolute atomic E-state index is 0.143. The molecular weight excluding hydrogens is 213 g/mol. The van der Waals surface area contributed by atoms with Crippen LogP contribution in [0.3, 0.4) is 0 Å². The highest BCUT2D eigenvalue weighted by Gasteiger charge is 1.95. The van der Waals surface area contributed by atoms with Crippen LogP contribution in [-0.4, -0.2) is 13.1 Å². The Balaban J connectivity index is 1.95. The van der Waals surface area contributed by atoms with Crippen molar-refractivity contribution >= 4 is 0 Å². The molecule has 0 saturated heterocycles. The zero-order valence-corrected chi connectivity index (χ0v) is 10.8. The molecule has 0 aromatic heterocycles. The second-order valence-corrected chi connectivity index (χ2v) is 4.54. The van der Waals surface area contributed by atoms with Crippen molar-refractivity contribution in [1.82, 2.24) is 5.32 Å². The second kappa shape index (κ2) is 9.17. The minimum Gasteiger partial charge on any atom is -0.317 e. The lowest BCUT2D eigenvalue weighted by atomic mass is 10.1. The lowest BCUT2D eigenvalue weighted by Gasteiger charge is -2.03. The van der Waals surface area contributed by atoms with Crippen LogP contribution in [0.1, 0.15) is 44.6 Å². The van der Waals surface area contributed by atoms with Gasteiger partial charge in [-0.25, -0.2) is 4.39 Å². The number of hydrogen-bond donors (Lipinski definition) is 1. The summed E-state index contributed by atoms with van der Waals surface area (Å²) in [5.41, 5.74) is 1.25. The molecule has 1 aromatic rings. The lowest BCUT2D eigenvalue weighted by Crippen LogP contribution is -2.15. The minimum atomic E-state index is -0.143. The molecule has 1 aromatic carbocycles. The molecule has 0 amide bonds. The van der Waals surface area contributed by atoms with Gasteiger partial charge in [-0.05, 0) is 56.5 Å². The first-order valence-corrected chi connectivity index (χ1v) is 6.78. The van der Waals surface area contributed by atoms with Gasteiger partial charge in [0.05, 0.1) is 0 Å². The van der Waals surface area contributed by atoms with Gasteiger partial charge in [0.2, 0.25) is 0 Å². The van der Waals surface area contributed by atoms with Crippen LogP contribution in [0.15, 0.2) is 24.3 Å². The summed E-state index contributed by atoms with van der Waals surface area (Å²) < 4.78 is 12.7. The van der Waals surface area contributed by atoms with E-state index in [2.05, 4.69) is 12.2 Å². The molecule has 1 rings (SSSR count). The molecule has 0 saturated carbocycles. The molecule has 0 aliphatic rings. The molecule has 0 fully saturated rings. The van der Waals surface area contributed by atoms with Crippen molar-refractivity contribution in [3.05, 3.63) is 35.6 Å². The van der Waals surface area contributed by atoms with Gasteiger partial charge in [0.1, 0.15) is 5.82 Å². The van der Waals surface area contributed by atoms with Crippen molar-refractivity contribution in [2.75, 3.05) is 13.1 Å². The van der Waals surface area contributed by atoms with Crippen molar-refractivity contribution in [2.45, 2.75) is 45.4 Å². The van der Waals surface area contributed by atoms with E-state index in [9.17, 15) is 4.39 Å². The van der Waals surface area contributed by atoms with Gasteiger partial charge in [0.25, 0.3) is 0 Å². The quantitative estimate of drug-likeness (QED) is 0.642. The highest BCUT2D eigenvalue weighted by Crippen LogP contribution is 2.08. The molecular formula is C15H24FN. The summed E-state index contributed by atoms with van der Waals surface area (Å²) in [4.78, 5) is 0. The van der Waals surface area contributed by atoms with Crippen LogP contribution in [-0.2, 0) is 6.42 Å². The second-order valence-electron chi connectivity index (χ2n) is 4.54. The van der Waals surface area contributed by atoms with Crippen LogP contribution < -0.4 is 5.32 Å². The van der Waals surface area contributed by atoms with Crippen LogP contribution in [0.4, 0.5) is 4.39 Å². The Morgan fingerprint density at radius 3 is 2.35 bits per heavy atom. The Labute approximate surface area is 104 Å². The number of halogens is 1. The van der Waals surface area contributed by atoms with Gasteiger partial charge in [-0.15, -0.1) is 0 Å². The molecule has 1 nitrogen and oxygen atoms in total. The third kappa shape index (κ3) is 7.11. The highest BCUT2D eigenvalue weighted by atomic mass is 19.1. The van der Waals surface area contributed by atoms with E-state index in [0.29, 0.717) is 0 Å². The fourth-order valence-electron chi connectivity index (χ4n) is 1.89. The number of nitrogens with one attached hydrogen (secondary N) is 1. The summed E-state index contributed by atoms with van der Waals surface area (Å²) in [5, 5.41) is 3.41. The SMILES string of the molecule is CCCNCCCCCCc1ccc(F)cc1. The van der Waals surface area contributed by atoms with Gasteiger partial charge in [0.15, 0.2) is 0 Å². The van der Waals surface area contributed by atoms with E-state index in [1.165, 1.54) is 37.7 Å². The topological polar surface area (TPSA) is 12.0 Å². The Bertz CT molecular complexity index is 281. The maximum absolute atomic E-state index is 12.7. The van der Waals surface area contributed by atoms with Gasteiger partial charge in [-0.2, -0.15) is 0 Å². The van der Waals surface area contributed by atoms with Crippen molar-refractivity contribution < 1.29 is 4.39 Å². The third-order valence-electron chi connectivity index (χ3n) is 2.91. The van der Waals surface area contributed by atoms with Crippen molar-refractivity contribution in [2.24, 2.45) is 0 Å². The first-order valence-electron chi connectivity index (χ1n) is 6.78. The average Bonchev–Trinajstić information content (AvgIpc) is 2.35. The van der Waals surface area contributed by atoms with E-state index >= 15 is 0 Å². The molecule has 0 radical (unpaired) electrons. The molecule has 2 heteroatoms. The summed E-state index contributed by atoms with van der Waals surface area (Å²) in [6.07, 6.45) is 7.32. The van der Waals surface area contributed by atoms with Gasteiger partial charge >= 0.3 is 0 Å². The maximum Gasteiger partial charge on any atom is 0.123 e. The van der Waals surface area contributed by atoms with Crippen molar-refractivity contribution in [1.29, 1.82) is 0 Å². The molecule has 0 atom stereocenters. The first kappa shape index (κ1) is 14.2. The standard InChI is InChI=1S/C15H24FN/c1-2-12-17-13-6-4-3-5-7-14-8-10-15(16)11-9-14/h8-11,17H,2-7,12-13H2,1H3. The summed E-state index contributed by atoms with van der Waals surface area (Å²) in [6.45, 7) is 4.47. The predicted octanol–water partition coefficient (Wildman–Crippen LogP) is 3.93. The highest BCUT2D eigenvalue weighted by molar-refractivity contribution is 5.15. The Morgan fingerprint density at radius 1 is 0.941 bits per heavy atom. The maximum atomic E-state index is 12.7. The van der Waals surface area contributed by atoms with Crippen LogP contribution in [0, 0.1) is 5.82 Å². The number of hydrogen-bond acceptors (Lipinski definition) is 1. The van der Waals surface area contributed by atoms with Crippen LogP contribution in [0.25, 0.3) is 0 Å². The van der Waals surface area contributed by atoms with E-state index in [1.54, 1.807) is 12.1 Å². The van der Waals surface area contributed by atoms with E-state index in [4.69, 9.17) is 0 Å². The van der Waals surface area contributed by atoms with Crippen molar-refractivity contribution in [3.63, 3.8) is 0 Å². The Morgan fingerprint density at radius 2 is 1.65 bits per heavy atom. The monoisotopic (exact) mass is 237 g/mol. The van der Waals surface area contributed by atoms with Crippen LogP contribution in [0.2, 0.25) is 0 Å². The molecule has 0 heterocycles. The summed E-state index contributed by atoms with van der Waals surface area (Å²) in [7, 11) is 0. The number of aryl methyl sites for hydroxylation is 1. The van der Waals surface area contributed by atoms with Crippen molar-refractivity contribution in [3.8, 4) is 0 Å². The van der Waals surface area contributed by atoms with Gasteiger partial charge in [-0.1, -0.05) is 31.9 Å². The van der Waals surface area contributed by atoms with Gasteiger partial charge in [-0.3, -0.25) is 0 Å². The van der Waals surface area contributed by atoms with E-state index < -0.39 is 0 Å². The molecule has 17 heavy (non-hydrogen) atoms.